The lowest BCUT2D eigenvalue weighted by Crippen LogP contribution is -2.09. The molecular formula is C14H15BrClIN2O. The molecule has 20 heavy (non-hydrogen) atoms. The van der Waals surface area contributed by atoms with Gasteiger partial charge in [-0.15, -0.1) is 0 Å². The van der Waals surface area contributed by atoms with E-state index in [0.29, 0.717) is 11.4 Å². The Morgan fingerprint density at radius 3 is 2.85 bits per heavy atom. The zero-order valence-corrected chi connectivity index (χ0v) is 15.7. The number of halogens is 3. The van der Waals surface area contributed by atoms with Crippen LogP contribution in [0.4, 0.5) is 0 Å². The van der Waals surface area contributed by atoms with E-state index in [0.717, 1.165) is 31.5 Å². The summed E-state index contributed by atoms with van der Waals surface area (Å²) < 4.78 is 3.84. The fraction of sp³-hybridized carbons (Fsp3) is 0.357. The fourth-order valence-corrected chi connectivity index (χ4v) is 3.37. The van der Waals surface area contributed by atoms with Crippen LogP contribution in [0, 0.1) is 10.5 Å². The summed E-state index contributed by atoms with van der Waals surface area (Å²) in [7, 11) is 0. The lowest BCUT2D eigenvalue weighted by molar-refractivity contribution is 0.174. The van der Waals surface area contributed by atoms with Crippen LogP contribution in [0.5, 0.6) is 0 Å². The second kappa shape index (κ2) is 6.77. The van der Waals surface area contributed by atoms with Crippen LogP contribution in [0.15, 0.2) is 22.7 Å². The van der Waals surface area contributed by atoms with Crippen LogP contribution in [0.2, 0.25) is 5.02 Å². The van der Waals surface area contributed by atoms with Gasteiger partial charge < -0.3 is 5.11 Å². The predicted octanol–water partition coefficient (Wildman–Crippen LogP) is 4.51. The van der Waals surface area contributed by atoms with Crippen molar-refractivity contribution >= 4 is 50.1 Å². The Labute approximate surface area is 145 Å². The van der Waals surface area contributed by atoms with Crippen LogP contribution in [-0.2, 0) is 13.0 Å². The Morgan fingerprint density at radius 1 is 1.50 bits per heavy atom. The zero-order chi connectivity index (χ0) is 14.9. The molecule has 1 aromatic carbocycles. The minimum atomic E-state index is -0.613. The van der Waals surface area contributed by atoms with Gasteiger partial charge in [0.1, 0.15) is 0 Å². The van der Waals surface area contributed by atoms with Crippen LogP contribution in [-0.4, -0.2) is 14.9 Å². The van der Waals surface area contributed by atoms with Crippen LogP contribution in [0.3, 0.4) is 0 Å². The van der Waals surface area contributed by atoms with Gasteiger partial charge in [0.05, 0.1) is 22.5 Å². The van der Waals surface area contributed by atoms with E-state index in [1.165, 1.54) is 0 Å². The highest BCUT2D eigenvalue weighted by Gasteiger charge is 2.19. The van der Waals surface area contributed by atoms with Gasteiger partial charge in [-0.05, 0) is 60.2 Å². The number of aliphatic hydroxyl groups excluding tert-OH is 1. The van der Waals surface area contributed by atoms with Crippen molar-refractivity contribution in [3.05, 3.63) is 48.2 Å². The highest BCUT2D eigenvalue weighted by Crippen LogP contribution is 2.30. The summed E-state index contributed by atoms with van der Waals surface area (Å²) in [6, 6.07) is 5.92. The topological polar surface area (TPSA) is 38.0 Å². The smallest absolute Gasteiger partial charge is 0.0857 e. The minimum absolute atomic E-state index is 0.451. The van der Waals surface area contributed by atoms with Gasteiger partial charge in [0.25, 0.3) is 0 Å². The lowest BCUT2D eigenvalue weighted by Gasteiger charge is -2.14. The van der Waals surface area contributed by atoms with Gasteiger partial charge in [0.2, 0.25) is 0 Å². The molecule has 0 saturated carbocycles. The van der Waals surface area contributed by atoms with Gasteiger partial charge in [-0.2, -0.15) is 5.10 Å². The summed E-state index contributed by atoms with van der Waals surface area (Å²) in [5.41, 5.74) is 2.55. The predicted molar refractivity (Wildman–Crippen MR) is 93.2 cm³/mol. The summed E-state index contributed by atoms with van der Waals surface area (Å²) in [6.07, 6.45) is -0.162. The normalized spacial score (nSPS) is 12.7. The number of nitrogens with zero attached hydrogens (tertiary/aromatic N) is 2. The van der Waals surface area contributed by atoms with E-state index in [4.69, 9.17) is 11.6 Å². The first kappa shape index (κ1) is 16.3. The first-order valence-corrected chi connectivity index (χ1v) is 8.53. The molecule has 0 spiro atoms. The van der Waals surface area contributed by atoms with Crippen LogP contribution in [0.1, 0.15) is 30.0 Å². The van der Waals surface area contributed by atoms with Crippen LogP contribution >= 0.6 is 50.1 Å². The highest BCUT2D eigenvalue weighted by atomic mass is 127. The molecule has 1 aromatic heterocycles. The van der Waals surface area contributed by atoms with Crippen molar-refractivity contribution in [2.75, 3.05) is 0 Å². The number of aromatic nitrogens is 2. The highest BCUT2D eigenvalue weighted by molar-refractivity contribution is 14.1. The third-order valence-electron chi connectivity index (χ3n) is 3.16. The molecule has 108 valence electrons. The molecule has 0 bridgehead atoms. The Balaban J connectivity index is 2.32. The minimum Gasteiger partial charge on any atom is -0.388 e. The molecule has 1 heterocycles. The second-order valence-electron chi connectivity index (χ2n) is 4.55. The van der Waals surface area contributed by atoms with Gasteiger partial charge in [-0.3, -0.25) is 4.68 Å². The SMILES string of the molecule is CCn1nc(C)c(Cl)c1CC(O)c1cc(I)ccc1Br. The van der Waals surface area contributed by atoms with E-state index in [1.807, 2.05) is 36.7 Å². The Morgan fingerprint density at radius 2 is 2.20 bits per heavy atom. The van der Waals surface area contributed by atoms with Crippen molar-refractivity contribution in [2.45, 2.75) is 32.9 Å². The summed E-state index contributed by atoms with van der Waals surface area (Å²) in [4.78, 5) is 0. The van der Waals surface area contributed by atoms with Crippen molar-refractivity contribution in [1.82, 2.24) is 9.78 Å². The number of aliphatic hydroxyl groups is 1. The van der Waals surface area contributed by atoms with Gasteiger partial charge >= 0.3 is 0 Å². The van der Waals surface area contributed by atoms with Crippen molar-refractivity contribution in [3.8, 4) is 0 Å². The average molecular weight is 470 g/mol. The van der Waals surface area contributed by atoms with Gasteiger partial charge in [-0.1, -0.05) is 27.5 Å². The molecule has 1 unspecified atom stereocenters. The summed E-state index contributed by atoms with van der Waals surface area (Å²) in [5.74, 6) is 0. The molecule has 2 aromatic rings. The molecular weight excluding hydrogens is 454 g/mol. The van der Waals surface area contributed by atoms with Crippen molar-refractivity contribution in [1.29, 1.82) is 0 Å². The first-order chi connectivity index (χ1) is 9.43. The number of hydrogen-bond donors (Lipinski definition) is 1. The van der Waals surface area contributed by atoms with E-state index in [9.17, 15) is 5.11 Å². The average Bonchev–Trinajstić information content (AvgIpc) is 2.69. The molecule has 1 N–H and O–H groups in total. The van der Waals surface area contributed by atoms with Crippen molar-refractivity contribution in [2.24, 2.45) is 0 Å². The largest absolute Gasteiger partial charge is 0.388 e. The molecule has 0 amide bonds. The number of benzene rings is 1. The summed E-state index contributed by atoms with van der Waals surface area (Å²) in [6.45, 7) is 4.63. The number of hydrogen-bond acceptors (Lipinski definition) is 2. The maximum Gasteiger partial charge on any atom is 0.0857 e. The molecule has 6 heteroatoms. The molecule has 0 aliphatic rings. The number of rotatable bonds is 4. The fourth-order valence-electron chi connectivity index (χ4n) is 2.13. The Hall–Kier alpha value is -0.110. The lowest BCUT2D eigenvalue weighted by atomic mass is 10.0. The third-order valence-corrected chi connectivity index (χ3v) is 5.04. The molecule has 0 aliphatic heterocycles. The molecule has 0 saturated heterocycles. The monoisotopic (exact) mass is 468 g/mol. The van der Waals surface area contributed by atoms with Crippen molar-refractivity contribution in [3.63, 3.8) is 0 Å². The summed E-state index contributed by atoms with van der Waals surface area (Å²) >= 11 is 12.0. The van der Waals surface area contributed by atoms with E-state index < -0.39 is 6.10 Å². The molecule has 3 nitrogen and oxygen atoms in total. The molecule has 2 rings (SSSR count). The van der Waals surface area contributed by atoms with E-state index in [1.54, 1.807) is 0 Å². The Kier molecular flexibility index (Phi) is 5.50. The maximum atomic E-state index is 10.5. The first-order valence-electron chi connectivity index (χ1n) is 6.28. The van der Waals surface area contributed by atoms with Gasteiger partial charge in [-0.25, -0.2) is 0 Å². The van der Waals surface area contributed by atoms with Crippen LogP contribution < -0.4 is 0 Å². The summed E-state index contributed by atoms with van der Waals surface area (Å²) in [5, 5.41) is 15.5. The second-order valence-corrected chi connectivity index (χ2v) is 7.03. The zero-order valence-electron chi connectivity index (χ0n) is 11.2. The van der Waals surface area contributed by atoms with Gasteiger partial charge in [0.15, 0.2) is 0 Å². The van der Waals surface area contributed by atoms with Gasteiger partial charge in [0, 0.05) is 21.0 Å². The molecule has 0 radical (unpaired) electrons. The third kappa shape index (κ3) is 3.37. The molecule has 0 aliphatic carbocycles. The molecule has 1 atom stereocenters. The van der Waals surface area contributed by atoms with Crippen molar-refractivity contribution < 1.29 is 5.11 Å². The van der Waals surface area contributed by atoms with E-state index >= 15 is 0 Å². The molecule has 0 fully saturated rings. The standard InChI is InChI=1S/C14H15BrClIN2O/c1-3-19-12(14(16)8(2)18-19)7-13(20)10-6-9(17)4-5-11(10)15/h4-6,13,20H,3,7H2,1-2H3. The van der Waals surface area contributed by atoms with E-state index in [-0.39, 0.29) is 0 Å². The maximum absolute atomic E-state index is 10.5. The Bertz CT molecular complexity index is 630. The quantitative estimate of drug-likeness (QED) is 0.670. The van der Waals surface area contributed by atoms with Crippen LogP contribution in [0.25, 0.3) is 0 Å². The van der Waals surface area contributed by atoms with E-state index in [2.05, 4.69) is 43.6 Å². The number of aryl methyl sites for hydroxylation is 2.